The number of rotatable bonds is 5. The Morgan fingerprint density at radius 2 is 2.05 bits per heavy atom. The molecule has 0 aliphatic heterocycles. The Bertz CT molecular complexity index is 562. The molecule has 1 amide bonds. The number of carbonyl (C=O) groups excluding carboxylic acids is 1. The van der Waals surface area contributed by atoms with Crippen LogP contribution in [-0.2, 0) is 4.74 Å². The van der Waals surface area contributed by atoms with Gasteiger partial charge in [-0.2, -0.15) is 13.2 Å². The third-order valence-electron chi connectivity index (χ3n) is 2.45. The minimum absolute atomic E-state index is 0.0448. The zero-order valence-corrected chi connectivity index (χ0v) is 11.2. The highest BCUT2D eigenvalue weighted by Gasteiger charge is 2.27. The average Bonchev–Trinajstić information content (AvgIpc) is 2.80. The van der Waals surface area contributed by atoms with Gasteiger partial charge in [0.15, 0.2) is 0 Å². The second-order valence-electron chi connectivity index (χ2n) is 4.07. The SMILES string of the molecule is O=C(NCCOCC(F)(F)F)c1cc2ccccc2s1. The van der Waals surface area contributed by atoms with Crippen molar-refractivity contribution < 1.29 is 22.7 Å². The molecule has 0 saturated heterocycles. The van der Waals surface area contributed by atoms with Crippen LogP contribution in [0.1, 0.15) is 9.67 Å². The molecule has 3 nitrogen and oxygen atoms in total. The molecule has 0 spiro atoms. The minimum Gasteiger partial charge on any atom is -0.370 e. The van der Waals surface area contributed by atoms with Gasteiger partial charge in [-0.3, -0.25) is 4.79 Å². The Morgan fingerprint density at radius 1 is 1.30 bits per heavy atom. The van der Waals surface area contributed by atoms with Gasteiger partial charge in [-0.25, -0.2) is 0 Å². The van der Waals surface area contributed by atoms with Crippen molar-refractivity contribution in [1.82, 2.24) is 5.32 Å². The van der Waals surface area contributed by atoms with E-state index in [1.54, 1.807) is 6.07 Å². The number of halogens is 3. The molecule has 7 heteroatoms. The zero-order valence-electron chi connectivity index (χ0n) is 10.4. The molecule has 1 aromatic carbocycles. The maximum atomic E-state index is 11.8. The van der Waals surface area contributed by atoms with E-state index < -0.39 is 12.8 Å². The molecule has 0 unspecified atom stereocenters. The van der Waals surface area contributed by atoms with Crippen molar-refractivity contribution in [3.8, 4) is 0 Å². The fourth-order valence-corrected chi connectivity index (χ4v) is 2.58. The number of hydrogen-bond acceptors (Lipinski definition) is 3. The van der Waals surface area contributed by atoms with E-state index in [0.29, 0.717) is 4.88 Å². The standard InChI is InChI=1S/C13H12F3NO2S/c14-13(15,16)8-19-6-5-17-12(18)11-7-9-3-1-2-4-10(9)20-11/h1-4,7H,5-6,8H2,(H,17,18). The fraction of sp³-hybridized carbons (Fsp3) is 0.308. The summed E-state index contributed by atoms with van der Waals surface area (Å²) in [5, 5.41) is 3.49. The third kappa shape index (κ3) is 4.21. The van der Waals surface area contributed by atoms with Crippen molar-refractivity contribution >= 4 is 27.3 Å². The van der Waals surface area contributed by atoms with Crippen LogP contribution in [-0.4, -0.2) is 31.8 Å². The second-order valence-corrected chi connectivity index (χ2v) is 5.16. The summed E-state index contributed by atoms with van der Waals surface area (Å²) >= 11 is 1.34. The molecule has 2 rings (SSSR count). The van der Waals surface area contributed by atoms with Crippen LogP contribution in [0.15, 0.2) is 30.3 Å². The molecule has 0 bridgehead atoms. The quantitative estimate of drug-likeness (QED) is 0.861. The number of thiophene rings is 1. The number of nitrogens with one attached hydrogen (secondary N) is 1. The van der Waals surface area contributed by atoms with Gasteiger partial charge in [-0.1, -0.05) is 18.2 Å². The topological polar surface area (TPSA) is 38.3 Å². The van der Waals surface area contributed by atoms with Gasteiger partial charge in [-0.05, 0) is 17.5 Å². The van der Waals surface area contributed by atoms with Gasteiger partial charge >= 0.3 is 6.18 Å². The molecule has 0 radical (unpaired) electrons. The summed E-state index contributed by atoms with van der Waals surface area (Å²) in [6.07, 6.45) is -4.34. The number of alkyl halides is 3. The molecule has 0 fully saturated rings. The van der Waals surface area contributed by atoms with E-state index in [2.05, 4.69) is 10.1 Å². The molecule has 0 atom stereocenters. The maximum Gasteiger partial charge on any atom is 0.411 e. The number of amides is 1. The van der Waals surface area contributed by atoms with Gasteiger partial charge < -0.3 is 10.1 Å². The van der Waals surface area contributed by atoms with Crippen LogP contribution in [0, 0.1) is 0 Å². The van der Waals surface area contributed by atoms with Gasteiger partial charge in [0, 0.05) is 11.2 Å². The van der Waals surface area contributed by atoms with E-state index in [0.717, 1.165) is 10.1 Å². The first-order valence-corrected chi connectivity index (χ1v) is 6.68. The predicted molar refractivity (Wildman–Crippen MR) is 71.0 cm³/mol. The lowest BCUT2D eigenvalue weighted by atomic mass is 10.2. The fourth-order valence-electron chi connectivity index (χ4n) is 1.61. The van der Waals surface area contributed by atoms with Crippen molar-refractivity contribution in [3.63, 3.8) is 0 Å². The highest BCUT2D eigenvalue weighted by Crippen LogP contribution is 2.24. The van der Waals surface area contributed by atoms with Gasteiger partial charge in [0.2, 0.25) is 0 Å². The first kappa shape index (κ1) is 14.8. The molecule has 20 heavy (non-hydrogen) atoms. The summed E-state index contributed by atoms with van der Waals surface area (Å²) < 4.78 is 40.8. The number of hydrogen-bond donors (Lipinski definition) is 1. The second kappa shape index (κ2) is 6.23. The maximum absolute atomic E-state index is 11.8. The van der Waals surface area contributed by atoms with Crippen molar-refractivity contribution in [2.75, 3.05) is 19.8 Å². The molecule has 2 aromatic rings. The Kier molecular flexibility index (Phi) is 4.61. The van der Waals surface area contributed by atoms with Gasteiger partial charge in [0.05, 0.1) is 11.5 Å². The average molecular weight is 303 g/mol. The molecule has 1 heterocycles. The van der Waals surface area contributed by atoms with Crippen molar-refractivity contribution in [2.45, 2.75) is 6.18 Å². The lowest BCUT2D eigenvalue weighted by Crippen LogP contribution is -2.28. The van der Waals surface area contributed by atoms with Crippen LogP contribution >= 0.6 is 11.3 Å². The summed E-state index contributed by atoms with van der Waals surface area (Å²) in [6, 6.07) is 9.32. The Labute approximate surface area is 117 Å². The molecular weight excluding hydrogens is 291 g/mol. The lowest BCUT2D eigenvalue weighted by Gasteiger charge is -2.07. The van der Waals surface area contributed by atoms with E-state index in [4.69, 9.17) is 0 Å². The van der Waals surface area contributed by atoms with Crippen molar-refractivity contribution in [3.05, 3.63) is 35.2 Å². The van der Waals surface area contributed by atoms with Crippen LogP contribution in [0.3, 0.4) is 0 Å². The van der Waals surface area contributed by atoms with Crippen LogP contribution in [0.2, 0.25) is 0 Å². The monoisotopic (exact) mass is 303 g/mol. The van der Waals surface area contributed by atoms with Crippen LogP contribution in [0.4, 0.5) is 13.2 Å². The van der Waals surface area contributed by atoms with Crippen molar-refractivity contribution in [2.24, 2.45) is 0 Å². The van der Waals surface area contributed by atoms with Crippen LogP contribution in [0.25, 0.3) is 10.1 Å². The Morgan fingerprint density at radius 3 is 2.75 bits per heavy atom. The smallest absolute Gasteiger partial charge is 0.370 e. The summed E-state index contributed by atoms with van der Waals surface area (Å²) in [5.74, 6) is -0.304. The molecule has 0 saturated carbocycles. The molecule has 0 aliphatic rings. The molecule has 1 aromatic heterocycles. The van der Waals surface area contributed by atoms with E-state index in [1.165, 1.54) is 11.3 Å². The lowest BCUT2D eigenvalue weighted by molar-refractivity contribution is -0.173. The van der Waals surface area contributed by atoms with Crippen LogP contribution < -0.4 is 5.32 Å². The highest BCUT2D eigenvalue weighted by molar-refractivity contribution is 7.20. The summed E-state index contributed by atoms with van der Waals surface area (Å²) in [7, 11) is 0. The van der Waals surface area contributed by atoms with E-state index >= 15 is 0 Å². The molecule has 0 aliphatic carbocycles. The van der Waals surface area contributed by atoms with E-state index in [1.807, 2.05) is 24.3 Å². The predicted octanol–water partition coefficient (Wildman–Crippen LogP) is 3.21. The first-order valence-electron chi connectivity index (χ1n) is 5.87. The molecular formula is C13H12F3NO2S. The number of carbonyl (C=O) groups is 1. The Hall–Kier alpha value is -1.60. The summed E-state index contributed by atoms with van der Waals surface area (Å²) in [6.45, 7) is -1.43. The zero-order chi connectivity index (χ0) is 14.6. The van der Waals surface area contributed by atoms with Gasteiger partial charge in [-0.15, -0.1) is 11.3 Å². The Balaban J connectivity index is 1.80. The normalized spacial score (nSPS) is 11.8. The first-order chi connectivity index (χ1) is 9.46. The van der Waals surface area contributed by atoms with Crippen LogP contribution in [0.5, 0.6) is 0 Å². The molecule has 1 N–H and O–H groups in total. The van der Waals surface area contributed by atoms with Gasteiger partial charge in [0.1, 0.15) is 6.61 Å². The number of ether oxygens (including phenoxy) is 1. The minimum atomic E-state index is -4.34. The summed E-state index contributed by atoms with van der Waals surface area (Å²) in [4.78, 5) is 12.3. The van der Waals surface area contributed by atoms with Crippen molar-refractivity contribution in [1.29, 1.82) is 0 Å². The highest BCUT2D eigenvalue weighted by atomic mass is 32.1. The van der Waals surface area contributed by atoms with E-state index in [9.17, 15) is 18.0 Å². The largest absolute Gasteiger partial charge is 0.411 e. The third-order valence-corrected chi connectivity index (χ3v) is 3.56. The number of fused-ring (bicyclic) bond motifs is 1. The van der Waals surface area contributed by atoms with Gasteiger partial charge in [0.25, 0.3) is 5.91 Å². The summed E-state index contributed by atoms with van der Waals surface area (Å²) in [5.41, 5.74) is 0. The number of benzene rings is 1. The van der Waals surface area contributed by atoms with E-state index in [-0.39, 0.29) is 19.1 Å². The molecule has 108 valence electrons.